The van der Waals surface area contributed by atoms with Crippen molar-refractivity contribution >= 4 is 10.0 Å². The van der Waals surface area contributed by atoms with E-state index in [2.05, 4.69) is 16.8 Å². The summed E-state index contributed by atoms with van der Waals surface area (Å²) in [6.45, 7) is 5.40. The molecule has 0 spiro atoms. The minimum absolute atomic E-state index is 0.271. The smallest absolute Gasteiger partial charge is 0.244 e. The van der Waals surface area contributed by atoms with Gasteiger partial charge in [0.2, 0.25) is 10.0 Å². The molecule has 2 rings (SSSR count). The molecule has 1 aromatic heterocycles. The van der Waals surface area contributed by atoms with Crippen LogP contribution in [0.15, 0.2) is 29.4 Å². The molecule has 0 amide bonds. The predicted molar refractivity (Wildman–Crippen MR) is 82.3 cm³/mol. The summed E-state index contributed by atoms with van der Waals surface area (Å²) in [6, 6.07) is 3.70. The van der Waals surface area contributed by atoms with Crippen molar-refractivity contribution in [1.82, 2.24) is 14.2 Å². The summed E-state index contributed by atoms with van der Waals surface area (Å²) >= 11 is 0. The zero-order chi connectivity index (χ0) is 15.3. The molecule has 1 saturated heterocycles. The van der Waals surface area contributed by atoms with Crippen LogP contribution in [-0.2, 0) is 10.0 Å². The molecule has 1 fully saturated rings. The van der Waals surface area contributed by atoms with Crippen LogP contribution in [0.1, 0.15) is 19.8 Å². The Kier molecular flexibility index (Phi) is 5.69. The summed E-state index contributed by atoms with van der Waals surface area (Å²) in [5.74, 6) is 0. The lowest BCUT2D eigenvalue weighted by Crippen LogP contribution is -2.52. The van der Waals surface area contributed by atoms with Crippen molar-refractivity contribution < 1.29 is 8.42 Å². The van der Waals surface area contributed by atoms with E-state index in [0.29, 0.717) is 25.7 Å². The number of piperazine rings is 1. The number of hydrogen-bond donors (Lipinski definition) is 1. The van der Waals surface area contributed by atoms with Crippen molar-refractivity contribution in [3.63, 3.8) is 0 Å². The Labute approximate surface area is 127 Å². The van der Waals surface area contributed by atoms with Crippen LogP contribution >= 0.6 is 0 Å². The van der Waals surface area contributed by atoms with Gasteiger partial charge in [-0.25, -0.2) is 8.42 Å². The first-order valence-corrected chi connectivity index (χ1v) is 8.88. The maximum absolute atomic E-state index is 12.5. The van der Waals surface area contributed by atoms with Crippen molar-refractivity contribution in [1.29, 1.82) is 0 Å². The van der Waals surface area contributed by atoms with Gasteiger partial charge in [0.25, 0.3) is 0 Å². The van der Waals surface area contributed by atoms with Gasteiger partial charge >= 0.3 is 0 Å². The Morgan fingerprint density at radius 3 is 2.57 bits per heavy atom. The average Bonchev–Trinajstić information content (AvgIpc) is 2.53. The SMILES string of the molecule is CCC(CCN)N1CCN(S(=O)(=O)c2cccnc2)CC1. The molecular formula is C14H24N4O2S. The number of aromatic nitrogens is 1. The maximum atomic E-state index is 12.5. The van der Waals surface area contributed by atoms with E-state index in [4.69, 9.17) is 5.73 Å². The molecule has 7 heteroatoms. The molecule has 0 aliphatic carbocycles. The molecule has 0 bridgehead atoms. The predicted octanol–water partition coefficient (Wildman–Crippen LogP) is 0.515. The number of sulfonamides is 1. The van der Waals surface area contributed by atoms with E-state index < -0.39 is 10.0 Å². The van der Waals surface area contributed by atoms with Gasteiger partial charge in [-0.1, -0.05) is 6.92 Å². The highest BCUT2D eigenvalue weighted by molar-refractivity contribution is 7.89. The third-order valence-electron chi connectivity index (χ3n) is 4.03. The molecule has 0 radical (unpaired) electrons. The molecular weight excluding hydrogens is 288 g/mol. The monoisotopic (exact) mass is 312 g/mol. The molecule has 1 unspecified atom stereocenters. The van der Waals surface area contributed by atoms with Gasteiger partial charge in [0.15, 0.2) is 0 Å². The molecule has 1 aliphatic rings. The van der Waals surface area contributed by atoms with Gasteiger partial charge < -0.3 is 5.73 Å². The third-order valence-corrected chi connectivity index (χ3v) is 5.92. The molecule has 118 valence electrons. The van der Waals surface area contributed by atoms with Gasteiger partial charge in [-0.15, -0.1) is 0 Å². The summed E-state index contributed by atoms with van der Waals surface area (Å²) in [6.07, 6.45) is 5.00. The van der Waals surface area contributed by atoms with Gasteiger partial charge in [0.05, 0.1) is 0 Å². The molecule has 6 nitrogen and oxygen atoms in total. The normalized spacial score (nSPS) is 19.5. The van der Waals surface area contributed by atoms with Gasteiger partial charge in [-0.3, -0.25) is 9.88 Å². The Balaban J connectivity index is 2.01. The second kappa shape index (κ2) is 7.31. The maximum Gasteiger partial charge on any atom is 0.244 e. The van der Waals surface area contributed by atoms with Crippen LogP contribution < -0.4 is 5.73 Å². The van der Waals surface area contributed by atoms with Crippen molar-refractivity contribution in [3.05, 3.63) is 24.5 Å². The van der Waals surface area contributed by atoms with Gasteiger partial charge in [0.1, 0.15) is 4.90 Å². The molecule has 21 heavy (non-hydrogen) atoms. The molecule has 0 saturated carbocycles. The Morgan fingerprint density at radius 2 is 2.05 bits per heavy atom. The van der Waals surface area contributed by atoms with Crippen LogP contribution in [0.2, 0.25) is 0 Å². The van der Waals surface area contributed by atoms with E-state index in [-0.39, 0.29) is 4.90 Å². The average molecular weight is 312 g/mol. The van der Waals surface area contributed by atoms with Crippen LogP contribution in [0.5, 0.6) is 0 Å². The lowest BCUT2D eigenvalue weighted by atomic mass is 10.1. The van der Waals surface area contributed by atoms with E-state index >= 15 is 0 Å². The summed E-state index contributed by atoms with van der Waals surface area (Å²) in [4.78, 5) is 6.52. The van der Waals surface area contributed by atoms with Crippen molar-refractivity contribution in [2.24, 2.45) is 5.73 Å². The second-order valence-electron chi connectivity index (χ2n) is 5.27. The highest BCUT2D eigenvalue weighted by Crippen LogP contribution is 2.18. The van der Waals surface area contributed by atoms with Crippen molar-refractivity contribution in [2.45, 2.75) is 30.7 Å². The largest absolute Gasteiger partial charge is 0.330 e. The topological polar surface area (TPSA) is 79.5 Å². The Morgan fingerprint density at radius 1 is 1.33 bits per heavy atom. The number of hydrogen-bond acceptors (Lipinski definition) is 5. The Bertz CT molecular complexity index is 527. The van der Waals surface area contributed by atoms with E-state index in [1.807, 2.05) is 0 Å². The zero-order valence-electron chi connectivity index (χ0n) is 12.5. The van der Waals surface area contributed by atoms with Crippen LogP contribution in [0.25, 0.3) is 0 Å². The molecule has 0 aromatic carbocycles. The fourth-order valence-corrected chi connectivity index (χ4v) is 4.18. The van der Waals surface area contributed by atoms with Crippen LogP contribution in [-0.4, -0.2) is 61.4 Å². The third kappa shape index (κ3) is 3.79. The quantitative estimate of drug-likeness (QED) is 0.828. The second-order valence-corrected chi connectivity index (χ2v) is 7.21. The fourth-order valence-electron chi connectivity index (χ4n) is 2.80. The van der Waals surface area contributed by atoms with Crippen LogP contribution in [0, 0.1) is 0 Å². The first-order valence-electron chi connectivity index (χ1n) is 7.44. The van der Waals surface area contributed by atoms with E-state index in [9.17, 15) is 8.42 Å². The van der Waals surface area contributed by atoms with Gasteiger partial charge in [0, 0.05) is 44.6 Å². The summed E-state index contributed by atoms with van der Waals surface area (Å²) in [5, 5.41) is 0. The standard InChI is InChI=1S/C14H24N4O2S/c1-2-13(5-6-15)17-8-10-18(11-9-17)21(19,20)14-4-3-7-16-12-14/h3-4,7,12-13H,2,5-6,8-11,15H2,1H3. The van der Waals surface area contributed by atoms with E-state index in [1.165, 1.54) is 6.20 Å². The van der Waals surface area contributed by atoms with Crippen LogP contribution in [0.4, 0.5) is 0 Å². The van der Waals surface area contributed by atoms with Crippen molar-refractivity contribution in [2.75, 3.05) is 32.7 Å². The highest BCUT2D eigenvalue weighted by Gasteiger charge is 2.30. The van der Waals surface area contributed by atoms with Gasteiger partial charge in [-0.2, -0.15) is 4.31 Å². The minimum Gasteiger partial charge on any atom is -0.330 e. The molecule has 1 aromatic rings. The summed E-state index contributed by atoms with van der Waals surface area (Å²) in [7, 11) is -3.41. The van der Waals surface area contributed by atoms with Gasteiger partial charge in [-0.05, 0) is 31.5 Å². The zero-order valence-corrected chi connectivity index (χ0v) is 13.3. The molecule has 1 aliphatic heterocycles. The van der Waals surface area contributed by atoms with Crippen molar-refractivity contribution in [3.8, 4) is 0 Å². The van der Waals surface area contributed by atoms with E-state index in [1.54, 1.807) is 22.6 Å². The number of rotatable bonds is 6. The first-order chi connectivity index (χ1) is 10.1. The van der Waals surface area contributed by atoms with E-state index in [0.717, 1.165) is 25.9 Å². The number of nitrogens with zero attached hydrogens (tertiary/aromatic N) is 3. The molecule has 2 N–H and O–H groups in total. The lowest BCUT2D eigenvalue weighted by Gasteiger charge is -2.38. The minimum atomic E-state index is -3.41. The molecule has 1 atom stereocenters. The summed E-state index contributed by atoms with van der Waals surface area (Å²) in [5.41, 5.74) is 5.64. The summed E-state index contributed by atoms with van der Waals surface area (Å²) < 4.78 is 26.6. The van der Waals surface area contributed by atoms with Crippen LogP contribution in [0.3, 0.4) is 0 Å². The number of pyridine rings is 1. The molecule has 2 heterocycles. The number of nitrogens with two attached hydrogens (primary N) is 1. The first kappa shape index (κ1) is 16.4. The Hall–Kier alpha value is -1.02. The highest BCUT2D eigenvalue weighted by atomic mass is 32.2. The lowest BCUT2D eigenvalue weighted by molar-refractivity contribution is 0.129. The fraction of sp³-hybridized carbons (Fsp3) is 0.643.